The van der Waals surface area contributed by atoms with E-state index in [1.165, 1.54) is 7.11 Å². The van der Waals surface area contributed by atoms with E-state index in [0.29, 0.717) is 6.42 Å². The average molecular weight is 273 g/mol. The van der Waals surface area contributed by atoms with Crippen molar-refractivity contribution in [1.82, 2.24) is 5.32 Å². The Labute approximate surface area is 111 Å². The number of esters is 1. The highest BCUT2D eigenvalue weighted by Gasteiger charge is 2.31. The predicted octanol–water partition coefficient (Wildman–Crippen LogP) is 0.0765. The summed E-state index contributed by atoms with van der Waals surface area (Å²) in [6.07, 6.45) is 0.698. The van der Waals surface area contributed by atoms with E-state index in [4.69, 9.17) is 9.84 Å². The third-order valence-corrected chi connectivity index (χ3v) is 3.00. The molecule has 7 heteroatoms. The molecule has 19 heavy (non-hydrogen) atoms. The number of carbonyl (C=O) groups excluding carboxylic acids is 2. The molecule has 2 N–H and O–H groups in total. The molecule has 1 saturated heterocycles. The summed E-state index contributed by atoms with van der Waals surface area (Å²) in [6, 6.07) is -1.11. The van der Waals surface area contributed by atoms with E-state index >= 15 is 0 Å². The summed E-state index contributed by atoms with van der Waals surface area (Å²) in [6.45, 7) is 1.86. The van der Waals surface area contributed by atoms with Crippen LogP contribution in [0.25, 0.3) is 0 Å². The van der Waals surface area contributed by atoms with Crippen LogP contribution in [0, 0.1) is 0 Å². The molecule has 1 amide bonds. The van der Waals surface area contributed by atoms with E-state index in [0.717, 1.165) is 6.42 Å². The lowest BCUT2D eigenvalue weighted by Crippen LogP contribution is -2.45. The summed E-state index contributed by atoms with van der Waals surface area (Å²) in [5.74, 6) is -2.13. The van der Waals surface area contributed by atoms with Crippen LogP contribution in [0.4, 0.5) is 0 Å². The van der Waals surface area contributed by atoms with Gasteiger partial charge in [-0.1, -0.05) is 0 Å². The van der Waals surface area contributed by atoms with Gasteiger partial charge in [0.25, 0.3) is 0 Å². The molecule has 3 unspecified atom stereocenters. The second kappa shape index (κ2) is 7.08. The third kappa shape index (κ3) is 4.86. The molecule has 1 rings (SSSR count). The summed E-state index contributed by atoms with van der Waals surface area (Å²) in [5, 5.41) is 11.4. The minimum absolute atomic E-state index is 0.00395. The Hall–Kier alpha value is -1.63. The van der Waals surface area contributed by atoms with E-state index < -0.39 is 30.0 Å². The largest absolute Gasteiger partial charge is 0.480 e. The molecular weight excluding hydrogens is 254 g/mol. The van der Waals surface area contributed by atoms with E-state index in [-0.39, 0.29) is 18.9 Å². The number of carboxylic acids is 1. The minimum atomic E-state index is -1.18. The van der Waals surface area contributed by atoms with Gasteiger partial charge in [0.1, 0.15) is 12.1 Å². The summed E-state index contributed by atoms with van der Waals surface area (Å²) in [5.41, 5.74) is 0. The van der Waals surface area contributed by atoms with Crippen LogP contribution in [-0.2, 0) is 23.9 Å². The van der Waals surface area contributed by atoms with Crippen LogP contribution >= 0.6 is 0 Å². The van der Waals surface area contributed by atoms with Crippen LogP contribution < -0.4 is 5.32 Å². The normalized spacial score (nSPS) is 23.7. The van der Waals surface area contributed by atoms with Crippen molar-refractivity contribution in [1.29, 1.82) is 0 Å². The first kappa shape index (κ1) is 15.4. The molecule has 0 spiro atoms. The molecule has 7 nitrogen and oxygen atoms in total. The van der Waals surface area contributed by atoms with Crippen LogP contribution in [-0.4, -0.2) is 48.3 Å². The van der Waals surface area contributed by atoms with E-state index in [1.54, 1.807) is 0 Å². The van der Waals surface area contributed by atoms with Crippen molar-refractivity contribution in [2.45, 2.75) is 50.9 Å². The van der Waals surface area contributed by atoms with Crippen molar-refractivity contribution < 1.29 is 29.0 Å². The Morgan fingerprint density at radius 3 is 2.58 bits per heavy atom. The number of rotatable bonds is 6. The smallest absolute Gasteiger partial charge is 0.326 e. The molecule has 0 bridgehead atoms. The van der Waals surface area contributed by atoms with E-state index in [9.17, 15) is 14.4 Å². The van der Waals surface area contributed by atoms with E-state index in [1.807, 2.05) is 6.92 Å². The number of nitrogens with one attached hydrogen (secondary N) is 1. The monoisotopic (exact) mass is 273 g/mol. The number of amides is 1. The van der Waals surface area contributed by atoms with Crippen LogP contribution in [0.5, 0.6) is 0 Å². The number of aliphatic carboxylic acids is 1. The number of ether oxygens (including phenoxy) is 2. The number of hydrogen-bond acceptors (Lipinski definition) is 5. The van der Waals surface area contributed by atoms with Gasteiger partial charge in [0.05, 0.1) is 13.2 Å². The highest BCUT2D eigenvalue weighted by Crippen LogP contribution is 2.19. The number of carboxylic acid groups (broad SMARTS) is 1. The molecule has 3 atom stereocenters. The Balaban J connectivity index is 2.46. The van der Waals surface area contributed by atoms with Crippen molar-refractivity contribution in [3.8, 4) is 0 Å². The Kier molecular flexibility index (Phi) is 5.75. The third-order valence-electron chi connectivity index (χ3n) is 3.00. The molecule has 0 aromatic heterocycles. The first-order valence-electron chi connectivity index (χ1n) is 6.19. The molecule has 0 aromatic carbocycles. The SMILES string of the molecule is COC(=O)CCC(NC(=O)C1CCC(C)O1)C(=O)O. The van der Waals surface area contributed by atoms with Gasteiger partial charge in [0, 0.05) is 6.42 Å². The van der Waals surface area contributed by atoms with Gasteiger partial charge in [-0.15, -0.1) is 0 Å². The molecular formula is C12H19NO6. The highest BCUT2D eigenvalue weighted by molar-refractivity contribution is 5.86. The zero-order chi connectivity index (χ0) is 14.4. The quantitative estimate of drug-likeness (QED) is 0.664. The second-order valence-electron chi connectivity index (χ2n) is 4.53. The Morgan fingerprint density at radius 2 is 2.11 bits per heavy atom. The maximum atomic E-state index is 11.8. The van der Waals surface area contributed by atoms with Crippen LogP contribution in [0.1, 0.15) is 32.6 Å². The Morgan fingerprint density at radius 1 is 1.42 bits per heavy atom. The zero-order valence-corrected chi connectivity index (χ0v) is 11.0. The highest BCUT2D eigenvalue weighted by atomic mass is 16.5. The molecule has 0 aliphatic carbocycles. The van der Waals surface area contributed by atoms with Gasteiger partial charge in [-0.2, -0.15) is 0 Å². The second-order valence-corrected chi connectivity index (χ2v) is 4.53. The number of hydrogen-bond donors (Lipinski definition) is 2. The van der Waals surface area contributed by atoms with E-state index in [2.05, 4.69) is 10.1 Å². The fourth-order valence-electron chi connectivity index (χ4n) is 1.88. The lowest BCUT2D eigenvalue weighted by Gasteiger charge is -2.17. The minimum Gasteiger partial charge on any atom is -0.480 e. The molecule has 0 saturated carbocycles. The van der Waals surface area contributed by atoms with Crippen molar-refractivity contribution in [3.63, 3.8) is 0 Å². The van der Waals surface area contributed by atoms with Gasteiger partial charge in [0.2, 0.25) is 5.91 Å². The predicted molar refractivity (Wildman–Crippen MR) is 64.4 cm³/mol. The first-order chi connectivity index (χ1) is 8.93. The van der Waals surface area contributed by atoms with Gasteiger partial charge in [-0.3, -0.25) is 9.59 Å². The molecule has 1 aliphatic heterocycles. The molecule has 0 aromatic rings. The lowest BCUT2D eigenvalue weighted by atomic mass is 10.1. The summed E-state index contributed by atoms with van der Waals surface area (Å²) in [4.78, 5) is 33.8. The van der Waals surface area contributed by atoms with Gasteiger partial charge in [0.15, 0.2) is 0 Å². The fourth-order valence-corrected chi connectivity index (χ4v) is 1.88. The van der Waals surface area contributed by atoms with Crippen molar-refractivity contribution in [2.24, 2.45) is 0 Å². The molecule has 108 valence electrons. The number of methoxy groups -OCH3 is 1. The summed E-state index contributed by atoms with van der Waals surface area (Å²) in [7, 11) is 1.23. The zero-order valence-electron chi connectivity index (χ0n) is 11.0. The Bertz CT molecular complexity index is 356. The van der Waals surface area contributed by atoms with Gasteiger partial charge in [-0.25, -0.2) is 4.79 Å². The number of carbonyl (C=O) groups is 3. The molecule has 1 fully saturated rings. The van der Waals surface area contributed by atoms with Gasteiger partial charge in [-0.05, 0) is 26.2 Å². The van der Waals surface area contributed by atoms with Crippen molar-refractivity contribution in [3.05, 3.63) is 0 Å². The van der Waals surface area contributed by atoms with Crippen molar-refractivity contribution in [2.75, 3.05) is 7.11 Å². The first-order valence-corrected chi connectivity index (χ1v) is 6.19. The maximum Gasteiger partial charge on any atom is 0.326 e. The summed E-state index contributed by atoms with van der Waals surface area (Å²) >= 11 is 0. The summed E-state index contributed by atoms with van der Waals surface area (Å²) < 4.78 is 9.78. The van der Waals surface area contributed by atoms with Gasteiger partial charge >= 0.3 is 11.9 Å². The molecule has 1 aliphatic rings. The van der Waals surface area contributed by atoms with Crippen molar-refractivity contribution >= 4 is 17.8 Å². The maximum absolute atomic E-state index is 11.8. The molecule has 1 heterocycles. The molecule has 0 radical (unpaired) electrons. The van der Waals surface area contributed by atoms with Crippen LogP contribution in [0.2, 0.25) is 0 Å². The topological polar surface area (TPSA) is 102 Å². The van der Waals surface area contributed by atoms with Crippen LogP contribution in [0.15, 0.2) is 0 Å². The lowest BCUT2D eigenvalue weighted by molar-refractivity contribution is -0.145. The standard InChI is InChI=1S/C12H19NO6/c1-7-3-5-9(19-7)11(15)13-8(12(16)17)4-6-10(14)18-2/h7-9H,3-6H2,1-2H3,(H,13,15)(H,16,17). The average Bonchev–Trinajstić information content (AvgIpc) is 2.80. The fraction of sp³-hybridized carbons (Fsp3) is 0.750. The van der Waals surface area contributed by atoms with Gasteiger partial charge < -0.3 is 19.9 Å². The van der Waals surface area contributed by atoms with Crippen LogP contribution in [0.3, 0.4) is 0 Å².